The van der Waals surface area contributed by atoms with Gasteiger partial charge in [0.25, 0.3) is 21.6 Å². The molecular weight excluding hydrogens is 538 g/mol. The third kappa shape index (κ3) is 6.95. The number of hydrogen-bond donors (Lipinski definition) is 2. The van der Waals surface area contributed by atoms with Gasteiger partial charge in [0.15, 0.2) is 0 Å². The number of carbonyl (C=O) groups is 1. The maximum absolute atomic E-state index is 12.9. The van der Waals surface area contributed by atoms with Crippen LogP contribution in [0.15, 0.2) is 107 Å². The maximum Gasteiger partial charge on any atom is 0.293 e. The molecule has 0 unspecified atom stereocenters. The number of nitrogens with zero attached hydrogens (tertiary/aromatic N) is 1. The lowest BCUT2D eigenvalue weighted by Gasteiger charge is -2.11. The molecule has 39 heavy (non-hydrogen) atoms. The fourth-order valence-electron chi connectivity index (χ4n) is 3.77. The summed E-state index contributed by atoms with van der Waals surface area (Å²) >= 11 is 1.59. The van der Waals surface area contributed by atoms with E-state index < -0.39 is 31.4 Å². The van der Waals surface area contributed by atoms with E-state index in [2.05, 4.69) is 5.32 Å². The normalized spacial score (nSPS) is 11.0. The summed E-state index contributed by atoms with van der Waals surface area (Å²) in [5.41, 5.74) is 1.50. The smallest absolute Gasteiger partial charge is 0.293 e. The van der Waals surface area contributed by atoms with E-state index in [4.69, 9.17) is 4.74 Å². The second-order valence-corrected chi connectivity index (χ2v) is 11.1. The Balaban J connectivity index is 1.44. The Morgan fingerprint density at radius 2 is 1.64 bits per heavy atom. The number of benzene rings is 4. The van der Waals surface area contributed by atoms with E-state index in [-0.39, 0.29) is 11.3 Å². The van der Waals surface area contributed by atoms with Crippen molar-refractivity contribution >= 4 is 39.1 Å². The number of nitro groups is 1. The Bertz CT molecular complexity index is 1580. The number of ether oxygens (including phenoxy) is 1. The number of para-hydroxylation sites is 1. The summed E-state index contributed by atoms with van der Waals surface area (Å²) in [7, 11) is -2.81. The van der Waals surface area contributed by atoms with Crippen LogP contribution in [-0.4, -0.2) is 38.7 Å². The van der Waals surface area contributed by atoms with Crippen molar-refractivity contribution in [2.45, 2.75) is 9.79 Å². The molecule has 4 aromatic carbocycles. The molecule has 0 aliphatic carbocycles. The number of thioether (sulfide) groups is 1. The fourth-order valence-corrected chi connectivity index (χ4v) is 5.56. The SMILES string of the molecule is COc1ccccc1-c1ccc(C(=O)NS(=O)(=O)c2ccc(NCCSc3ccccc3)c([N+](=O)[O-])c2)cc1. The standard InChI is InChI=1S/C28H25N3O6S2/c1-37-27-10-6-5-9-24(27)20-11-13-21(14-12-20)28(32)30-39(35,36)23-15-16-25(26(19-23)31(33)34)29-17-18-38-22-7-3-2-4-8-22/h2-16,19,29H,17-18H2,1H3,(H,30,32). The molecule has 0 spiro atoms. The second kappa shape index (κ2) is 12.5. The van der Waals surface area contributed by atoms with Crippen LogP contribution in [0.2, 0.25) is 0 Å². The minimum absolute atomic E-state index is 0.112. The van der Waals surface area contributed by atoms with Gasteiger partial charge in [-0.1, -0.05) is 48.5 Å². The van der Waals surface area contributed by atoms with Gasteiger partial charge in [0.2, 0.25) is 0 Å². The number of hydrogen-bond acceptors (Lipinski definition) is 8. The molecule has 11 heteroatoms. The minimum Gasteiger partial charge on any atom is -0.496 e. The van der Waals surface area contributed by atoms with Gasteiger partial charge in [0.1, 0.15) is 11.4 Å². The lowest BCUT2D eigenvalue weighted by molar-refractivity contribution is -0.384. The van der Waals surface area contributed by atoms with Crippen molar-refractivity contribution in [3.8, 4) is 16.9 Å². The predicted octanol–water partition coefficient (Wildman–Crippen LogP) is 5.59. The second-order valence-electron chi connectivity index (χ2n) is 8.24. The molecule has 0 heterocycles. The van der Waals surface area contributed by atoms with Crippen molar-refractivity contribution in [2.24, 2.45) is 0 Å². The molecule has 1 amide bonds. The first kappa shape index (κ1) is 27.7. The van der Waals surface area contributed by atoms with Gasteiger partial charge in [-0.2, -0.15) is 0 Å². The van der Waals surface area contributed by atoms with Gasteiger partial charge in [0.05, 0.1) is 16.9 Å². The molecule has 2 N–H and O–H groups in total. The van der Waals surface area contributed by atoms with Crippen LogP contribution >= 0.6 is 11.8 Å². The van der Waals surface area contributed by atoms with Crippen LogP contribution in [0, 0.1) is 10.1 Å². The molecule has 200 valence electrons. The summed E-state index contributed by atoms with van der Waals surface area (Å²) in [6.45, 7) is 0.425. The van der Waals surface area contributed by atoms with Gasteiger partial charge < -0.3 is 10.1 Å². The predicted molar refractivity (Wildman–Crippen MR) is 152 cm³/mol. The molecule has 9 nitrogen and oxygen atoms in total. The zero-order chi connectivity index (χ0) is 27.8. The van der Waals surface area contributed by atoms with Gasteiger partial charge in [-0.25, -0.2) is 13.1 Å². The Hall–Kier alpha value is -4.35. The minimum atomic E-state index is -4.37. The summed E-state index contributed by atoms with van der Waals surface area (Å²) < 4.78 is 33.1. The Morgan fingerprint density at radius 3 is 2.33 bits per heavy atom. The molecule has 0 saturated heterocycles. The maximum atomic E-state index is 12.9. The summed E-state index contributed by atoms with van der Waals surface area (Å²) in [6.07, 6.45) is 0. The molecule has 4 rings (SSSR count). The number of methoxy groups -OCH3 is 1. The van der Waals surface area contributed by atoms with Crippen LogP contribution in [0.25, 0.3) is 11.1 Å². The van der Waals surface area contributed by atoms with E-state index >= 15 is 0 Å². The average molecular weight is 564 g/mol. The van der Waals surface area contributed by atoms with E-state index in [1.807, 2.05) is 59.3 Å². The first-order chi connectivity index (χ1) is 18.8. The highest BCUT2D eigenvalue weighted by molar-refractivity contribution is 7.99. The van der Waals surface area contributed by atoms with E-state index in [0.29, 0.717) is 18.0 Å². The van der Waals surface area contributed by atoms with Crippen LogP contribution < -0.4 is 14.8 Å². The lowest BCUT2D eigenvalue weighted by atomic mass is 10.0. The monoisotopic (exact) mass is 563 g/mol. The van der Waals surface area contributed by atoms with Gasteiger partial charge in [-0.15, -0.1) is 11.8 Å². The molecule has 0 bridgehead atoms. The number of sulfonamides is 1. The van der Waals surface area contributed by atoms with E-state index in [0.717, 1.165) is 22.1 Å². The third-order valence-electron chi connectivity index (χ3n) is 5.70. The van der Waals surface area contributed by atoms with E-state index in [1.165, 1.54) is 24.3 Å². The Morgan fingerprint density at radius 1 is 0.949 bits per heavy atom. The molecule has 0 atom stereocenters. The molecule has 0 aliphatic rings. The van der Waals surface area contributed by atoms with Crippen molar-refractivity contribution in [3.05, 3.63) is 113 Å². The molecule has 4 aromatic rings. The quantitative estimate of drug-likeness (QED) is 0.105. The molecule has 0 fully saturated rings. The number of amides is 1. The Kier molecular flexibility index (Phi) is 8.84. The van der Waals surface area contributed by atoms with Crippen molar-refractivity contribution in [1.29, 1.82) is 0 Å². The fraction of sp³-hybridized carbons (Fsp3) is 0.107. The number of rotatable bonds is 11. The molecular formula is C28H25N3O6S2. The summed E-state index contributed by atoms with van der Waals surface area (Å²) in [5, 5.41) is 14.6. The van der Waals surface area contributed by atoms with E-state index in [1.54, 1.807) is 31.0 Å². The highest BCUT2D eigenvalue weighted by Gasteiger charge is 2.24. The van der Waals surface area contributed by atoms with Crippen molar-refractivity contribution in [2.75, 3.05) is 24.7 Å². The van der Waals surface area contributed by atoms with E-state index in [9.17, 15) is 23.3 Å². The molecule has 0 radical (unpaired) electrons. The molecule has 0 aromatic heterocycles. The number of anilines is 1. The van der Waals surface area contributed by atoms with Crippen LogP contribution in [0.3, 0.4) is 0 Å². The zero-order valence-electron chi connectivity index (χ0n) is 20.9. The first-order valence-corrected chi connectivity index (χ1v) is 14.3. The summed E-state index contributed by atoms with van der Waals surface area (Å²) in [6, 6.07) is 26.9. The van der Waals surface area contributed by atoms with Crippen LogP contribution in [-0.2, 0) is 10.0 Å². The zero-order valence-corrected chi connectivity index (χ0v) is 22.5. The summed E-state index contributed by atoms with van der Waals surface area (Å²) in [5.74, 6) is 0.448. The lowest BCUT2D eigenvalue weighted by Crippen LogP contribution is -2.30. The van der Waals surface area contributed by atoms with Gasteiger partial charge >= 0.3 is 0 Å². The van der Waals surface area contributed by atoms with Crippen molar-refractivity contribution in [1.82, 2.24) is 4.72 Å². The number of carbonyl (C=O) groups excluding carboxylic acids is 1. The number of nitro benzene ring substituents is 1. The van der Waals surface area contributed by atoms with Gasteiger partial charge in [-0.05, 0) is 48.0 Å². The molecule has 0 aliphatic heterocycles. The van der Waals surface area contributed by atoms with Crippen molar-refractivity contribution < 1.29 is 22.9 Å². The largest absolute Gasteiger partial charge is 0.496 e. The van der Waals surface area contributed by atoms with Crippen LogP contribution in [0.5, 0.6) is 5.75 Å². The number of nitrogens with one attached hydrogen (secondary N) is 2. The third-order valence-corrected chi connectivity index (χ3v) is 8.04. The van der Waals surface area contributed by atoms with Crippen LogP contribution in [0.1, 0.15) is 10.4 Å². The summed E-state index contributed by atoms with van der Waals surface area (Å²) in [4.78, 5) is 24.4. The van der Waals surface area contributed by atoms with Crippen molar-refractivity contribution in [3.63, 3.8) is 0 Å². The molecule has 0 saturated carbocycles. The highest BCUT2D eigenvalue weighted by atomic mass is 32.2. The van der Waals surface area contributed by atoms with Gasteiger partial charge in [-0.3, -0.25) is 14.9 Å². The first-order valence-electron chi connectivity index (χ1n) is 11.8. The highest BCUT2D eigenvalue weighted by Crippen LogP contribution is 2.30. The Labute approximate surface area is 230 Å². The van der Waals surface area contributed by atoms with Crippen LogP contribution in [0.4, 0.5) is 11.4 Å². The average Bonchev–Trinajstić information content (AvgIpc) is 2.95. The van der Waals surface area contributed by atoms with Gasteiger partial charge in [0, 0.05) is 34.4 Å². The topological polar surface area (TPSA) is 128 Å².